The summed E-state index contributed by atoms with van der Waals surface area (Å²) in [6.07, 6.45) is 0.741. The third-order valence-electron chi connectivity index (χ3n) is 2.74. The molecule has 0 fully saturated rings. The molecule has 102 valence electrons. The van der Waals surface area contributed by atoms with E-state index in [9.17, 15) is 0 Å². The number of H-pyrrole nitrogens is 1. The van der Waals surface area contributed by atoms with Crippen LogP contribution in [0.25, 0.3) is 0 Å². The van der Waals surface area contributed by atoms with Gasteiger partial charge in [-0.2, -0.15) is 5.10 Å². The molecule has 2 rings (SSSR count). The number of nitrogens with one attached hydrogen (secondary N) is 1. The van der Waals surface area contributed by atoms with Crippen molar-refractivity contribution in [3.8, 4) is 17.2 Å². The summed E-state index contributed by atoms with van der Waals surface area (Å²) in [5.41, 5.74) is 2.04. The van der Waals surface area contributed by atoms with Gasteiger partial charge in [0.25, 0.3) is 0 Å². The highest BCUT2D eigenvalue weighted by atomic mass is 16.5. The normalized spacial score (nSPS) is 10.3. The first-order chi connectivity index (χ1) is 9.24. The van der Waals surface area contributed by atoms with Crippen molar-refractivity contribution in [3.63, 3.8) is 0 Å². The van der Waals surface area contributed by atoms with Crippen LogP contribution < -0.4 is 14.2 Å². The molecule has 0 saturated carbocycles. The van der Waals surface area contributed by atoms with Gasteiger partial charge in [0.15, 0.2) is 11.5 Å². The van der Waals surface area contributed by atoms with Crippen LogP contribution in [0, 0.1) is 6.92 Å². The number of benzene rings is 1. The maximum absolute atomic E-state index is 5.72. The van der Waals surface area contributed by atoms with Crippen LogP contribution in [-0.4, -0.2) is 31.0 Å². The fourth-order valence-corrected chi connectivity index (χ4v) is 1.84. The SMILES string of the molecule is COc1cccc(OCCc2cc(C)[nH]n2)c1OC. The van der Waals surface area contributed by atoms with Crippen molar-refractivity contribution >= 4 is 0 Å². The van der Waals surface area contributed by atoms with E-state index in [0.29, 0.717) is 23.9 Å². The number of para-hydroxylation sites is 1. The molecule has 1 aromatic carbocycles. The summed E-state index contributed by atoms with van der Waals surface area (Å²) < 4.78 is 16.2. The smallest absolute Gasteiger partial charge is 0.203 e. The average Bonchev–Trinajstić information content (AvgIpc) is 2.84. The van der Waals surface area contributed by atoms with E-state index in [1.807, 2.05) is 31.2 Å². The van der Waals surface area contributed by atoms with Gasteiger partial charge in [-0.3, -0.25) is 5.10 Å². The third-order valence-corrected chi connectivity index (χ3v) is 2.74. The van der Waals surface area contributed by atoms with Crippen molar-refractivity contribution in [1.29, 1.82) is 0 Å². The lowest BCUT2D eigenvalue weighted by Gasteiger charge is -2.13. The fourth-order valence-electron chi connectivity index (χ4n) is 1.84. The first kappa shape index (κ1) is 13.3. The van der Waals surface area contributed by atoms with Gasteiger partial charge in [-0.25, -0.2) is 0 Å². The van der Waals surface area contributed by atoms with Crippen LogP contribution in [0.15, 0.2) is 24.3 Å². The van der Waals surface area contributed by atoms with Gasteiger partial charge < -0.3 is 14.2 Å². The van der Waals surface area contributed by atoms with Gasteiger partial charge in [0.2, 0.25) is 5.75 Å². The van der Waals surface area contributed by atoms with Gasteiger partial charge in [-0.15, -0.1) is 0 Å². The lowest BCUT2D eigenvalue weighted by molar-refractivity contribution is 0.286. The molecule has 0 atom stereocenters. The van der Waals surface area contributed by atoms with Crippen LogP contribution in [0.1, 0.15) is 11.4 Å². The number of methoxy groups -OCH3 is 2. The number of rotatable bonds is 6. The standard InChI is InChI=1S/C14H18N2O3/c1-10-9-11(16-15-10)7-8-19-13-6-4-5-12(17-2)14(13)18-3/h4-6,9H,7-8H2,1-3H3,(H,15,16). The molecule has 0 aliphatic heterocycles. The van der Waals surface area contributed by atoms with Crippen LogP contribution in [0.5, 0.6) is 17.2 Å². The lowest BCUT2D eigenvalue weighted by atomic mass is 10.3. The first-order valence-corrected chi connectivity index (χ1v) is 6.09. The van der Waals surface area contributed by atoms with Crippen LogP contribution in [0.2, 0.25) is 0 Å². The second kappa shape index (κ2) is 6.13. The minimum absolute atomic E-state index is 0.536. The van der Waals surface area contributed by atoms with E-state index in [2.05, 4.69) is 10.2 Å². The highest BCUT2D eigenvalue weighted by molar-refractivity contribution is 5.51. The van der Waals surface area contributed by atoms with Crippen LogP contribution in [0.4, 0.5) is 0 Å². The second-order valence-electron chi connectivity index (χ2n) is 4.13. The maximum Gasteiger partial charge on any atom is 0.203 e. The molecule has 2 aromatic rings. The molecule has 5 nitrogen and oxygen atoms in total. The minimum Gasteiger partial charge on any atom is -0.493 e. The molecule has 1 aromatic heterocycles. The number of aromatic nitrogens is 2. The van der Waals surface area contributed by atoms with Crippen molar-refractivity contribution in [2.45, 2.75) is 13.3 Å². The van der Waals surface area contributed by atoms with Crippen LogP contribution in [0.3, 0.4) is 0 Å². The number of aromatic amines is 1. The van der Waals surface area contributed by atoms with Gasteiger partial charge in [-0.1, -0.05) is 6.07 Å². The van der Waals surface area contributed by atoms with Crippen molar-refractivity contribution < 1.29 is 14.2 Å². The predicted molar refractivity (Wildman–Crippen MR) is 72.1 cm³/mol. The molecule has 0 aliphatic carbocycles. The van der Waals surface area contributed by atoms with E-state index in [-0.39, 0.29) is 0 Å². The molecular formula is C14H18N2O3. The predicted octanol–water partition coefficient (Wildman–Crippen LogP) is 2.36. The maximum atomic E-state index is 5.72. The van der Waals surface area contributed by atoms with Crippen LogP contribution >= 0.6 is 0 Å². The van der Waals surface area contributed by atoms with E-state index >= 15 is 0 Å². The third kappa shape index (κ3) is 3.19. The van der Waals surface area contributed by atoms with Crippen molar-refractivity contribution in [3.05, 3.63) is 35.7 Å². The zero-order chi connectivity index (χ0) is 13.7. The summed E-state index contributed by atoms with van der Waals surface area (Å²) in [7, 11) is 3.20. The Bertz CT molecular complexity index is 537. The Morgan fingerprint density at radius 1 is 1.16 bits per heavy atom. The molecule has 0 unspecified atom stereocenters. The molecule has 0 spiro atoms. The van der Waals surface area contributed by atoms with Gasteiger partial charge in [-0.05, 0) is 25.1 Å². The van der Waals surface area contributed by atoms with Crippen molar-refractivity contribution in [2.24, 2.45) is 0 Å². The summed E-state index contributed by atoms with van der Waals surface area (Å²) in [5, 5.41) is 7.07. The molecular weight excluding hydrogens is 244 g/mol. The Kier molecular flexibility index (Phi) is 4.28. The number of ether oxygens (including phenoxy) is 3. The Labute approximate surface area is 112 Å². The molecule has 1 N–H and O–H groups in total. The summed E-state index contributed by atoms with van der Waals surface area (Å²) in [4.78, 5) is 0. The van der Waals surface area contributed by atoms with Gasteiger partial charge in [0, 0.05) is 12.1 Å². The number of aryl methyl sites for hydroxylation is 1. The molecule has 0 amide bonds. The van der Waals surface area contributed by atoms with E-state index < -0.39 is 0 Å². The zero-order valence-electron chi connectivity index (χ0n) is 11.4. The Morgan fingerprint density at radius 2 is 1.95 bits per heavy atom. The van der Waals surface area contributed by atoms with Crippen molar-refractivity contribution in [1.82, 2.24) is 10.2 Å². The monoisotopic (exact) mass is 262 g/mol. The summed E-state index contributed by atoms with van der Waals surface area (Å²) in [5.74, 6) is 1.95. The Hall–Kier alpha value is -2.17. The molecule has 19 heavy (non-hydrogen) atoms. The lowest BCUT2D eigenvalue weighted by Crippen LogP contribution is -2.03. The summed E-state index contributed by atoms with van der Waals surface area (Å²) >= 11 is 0. The highest BCUT2D eigenvalue weighted by Gasteiger charge is 2.10. The van der Waals surface area contributed by atoms with Crippen molar-refractivity contribution in [2.75, 3.05) is 20.8 Å². The van der Waals surface area contributed by atoms with E-state index in [1.54, 1.807) is 14.2 Å². The zero-order valence-corrected chi connectivity index (χ0v) is 11.4. The number of hydrogen-bond acceptors (Lipinski definition) is 4. The second-order valence-corrected chi connectivity index (χ2v) is 4.13. The Balaban J connectivity index is 1.99. The van der Waals surface area contributed by atoms with Crippen LogP contribution in [-0.2, 0) is 6.42 Å². The topological polar surface area (TPSA) is 56.4 Å². The quantitative estimate of drug-likeness (QED) is 0.868. The van der Waals surface area contributed by atoms with Gasteiger partial charge in [0.1, 0.15) is 0 Å². The van der Waals surface area contributed by atoms with Gasteiger partial charge >= 0.3 is 0 Å². The highest BCUT2D eigenvalue weighted by Crippen LogP contribution is 2.36. The van der Waals surface area contributed by atoms with E-state index in [1.165, 1.54) is 0 Å². The van der Waals surface area contributed by atoms with E-state index in [4.69, 9.17) is 14.2 Å². The fraction of sp³-hybridized carbons (Fsp3) is 0.357. The summed E-state index contributed by atoms with van der Waals surface area (Å²) in [6.45, 7) is 2.51. The van der Waals surface area contributed by atoms with Gasteiger partial charge in [0.05, 0.1) is 26.5 Å². The molecule has 0 bridgehead atoms. The van der Waals surface area contributed by atoms with E-state index in [0.717, 1.165) is 17.8 Å². The molecule has 0 saturated heterocycles. The molecule has 5 heteroatoms. The summed E-state index contributed by atoms with van der Waals surface area (Å²) in [6, 6.07) is 7.57. The molecule has 0 aliphatic rings. The largest absolute Gasteiger partial charge is 0.493 e. The number of nitrogens with zero attached hydrogens (tertiary/aromatic N) is 1. The Morgan fingerprint density at radius 3 is 2.58 bits per heavy atom. The first-order valence-electron chi connectivity index (χ1n) is 6.09. The molecule has 0 radical (unpaired) electrons. The number of hydrogen-bond donors (Lipinski definition) is 1. The molecule has 1 heterocycles. The minimum atomic E-state index is 0.536. The average molecular weight is 262 g/mol.